The second-order valence-corrected chi connectivity index (χ2v) is 7.80. The Labute approximate surface area is 128 Å². The molecule has 1 aromatic rings. The van der Waals surface area contributed by atoms with Crippen molar-refractivity contribution in [3.63, 3.8) is 0 Å². The molecule has 0 fully saturated rings. The zero-order chi connectivity index (χ0) is 16.2. The molecule has 0 heterocycles. The van der Waals surface area contributed by atoms with E-state index >= 15 is 0 Å². The highest BCUT2D eigenvalue weighted by Crippen LogP contribution is 2.24. The molecular formula is C11H13ClFNO5S2. The molecule has 0 aliphatic heterocycles. The summed E-state index contributed by atoms with van der Waals surface area (Å²) in [5.74, 6) is -2.35. The minimum absolute atomic E-state index is 0.00850. The maximum absolute atomic E-state index is 13.5. The number of benzene rings is 1. The molecule has 0 spiro atoms. The normalized spacial score (nSPS) is 13.1. The fourth-order valence-corrected chi connectivity index (χ4v) is 3.29. The van der Waals surface area contributed by atoms with Crippen molar-refractivity contribution < 1.29 is 26.9 Å². The third-order valence-electron chi connectivity index (χ3n) is 2.44. The predicted octanol–water partition coefficient (Wildman–Crippen LogP) is 1.22. The lowest BCUT2D eigenvalue weighted by Gasteiger charge is -2.08. The van der Waals surface area contributed by atoms with Crippen LogP contribution in [0.25, 0.3) is 0 Å². The van der Waals surface area contributed by atoms with Gasteiger partial charge in [0, 0.05) is 29.4 Å². The molecule has 1 aromatic carbocycles. The first kappa shape index (κ1) is 18.0. The third-order valence-corrected chi connectivity index (χ3v) is 5.13. The van der Waals surface area contributed by atoms with Crippen LogP contribution < -0.4 is 4.72 Å². The van der Waals surface area contributed by atoms with E-state index in [0.29, 0.717) is 18.2 Å². The van der Waals surface area contributed by atoms with Crippen LogP contribution in [-0.4, -0.2) is 42.3 Å². The second kappa shape index (κ2) is 7.30. The van der Waals surface area contributed by atoms with Gasteiger partial charge in [0.2, 0.25) is 10.0 Å². The molecule has 0 aliphatic rings. The summed E-state index contributed by atoms with van der Waals surface area (Å²) in [6.07, 6.45) is 1.83. The number of carboxylic acids is 1. The Hall–Kier alpha value is -1.03. The summed E-state index contributed by atoms with van der Waals surface area (Å²) in [6.45, 7) is 0.00850. The summed E-state index contributed by atoms with van der Waals surface area (Å²) in [5, 5.41) is 8.21. The van der Waals surface area contributed by atoms with E-state index in [1.54, 1.807) is 0 Å². The highest BCUT2D eigenvalue weighted by atomic mass is 35.5. The van der Waals surface area contributed by atoms with Crippen LogP contribution in [-0.2, 0) is 20.8 Å². The van der Waals surface area contributed by atoms with Crippen LogP contribution in [0.1, 0.15) is 16.8 Å². The first-order valence-electron chi connectivity index (χ1n) is 5.67. The average molecular weight is 358 g/mol. The maximum Gasteiger partial charge on any atom is 0.337 e. The molecule has 0 bridgehead atoms. The number of halogens is 2. The van der Waals surface area contributed by atoms with Crippen molar-refractivity contribution in [2.24, 2.45) is 0 Å². The van der Waals surface area contributed by atoms with E-state index in [1.165, 1.54) is 6.26 Å². The molecule has 0 aromatic heterocycles. The number of aromatic carboxylic acids is 1. The van der Waals surface area contributed by atoms with E-state index in [4.69, 9.17) is 16.7 Å². The van der Waals surface area contributed by atoms with E-state index in [0.717, 1.165) is 6.07 Å². The number of carbonyl (C=O) groups is 1. The Kier molecular flexibility index (Phi) is 6.26. The largest absolute Gasteiger partial charge is 0.478 e. The van der Waals surface area contributed by atoms with Crippen LogP contribution >= 0.6 is 11.6 Å². The van der Waals surface area contributed by atoms with Crippen LogP contribution in [0, 0.1) is 5.82 Å². The van der Waals surface area contributed by atoms with E-state index in [9.17, 15) is 21.8 Å². The molecule has 1 rings (SSSR count). The van der Waals surface area contributed by atoms with E-state index in [-0.39, 0.29) is 6.54 Å². The van der Waals surface area contributed by atoms with Gasteiger partial charge in [-0.05, 0) is 18.6 Å². The molecule has 6 nitrogen and oxygen atoms in total. The standard InChI is InChI=1S/C11H13ClFNO5S2/c1-20(17)4-2-3-14-21(18,19)7-5-8(11(15)16)10(12)9(13)6-7/h5-6,14H,2-4H2,1H3,(H,15,16). The van der Waals surface area contributed by atoms with Crippen molar-refractivity contribution in [3.8, 4) is 0 Å². The highest BCUT2D eigenvalue weighted by molar-refractivity contribution is 7.89. The molecule has 0 aliphatic carbocycles. The second-order valence-electron chi connectivity index (χ2n) is 4.10. The minimum atomic E-state index is -4.06. The predicted molar refractivity (Wildman–Crippen MR) is 77.1 cm³/mol. The van der Waals surface area contributed by atoms with Gasteiger partial charge in [0.15, 0.2) is 0 Å². The smallest absolute Gasteiger partial charge is 0.337 e. The van der Waals surface area contributed by atoms with E-state index < -0.39 is 48.1 Å². The number of nitrogens with one attached hydrogen (secondary N) is 1. The topological polar surface area (TPSA) is 101 Å². The van der Waals surface area contributed by atoms with E-state index in [1.807, 2.05) is 0 Å². The Balaban J connectivity index is 2.98. The molecule has 2 N–H and O–H groups in total. The van der Waals surface area contributed by atoms with Crippen molar-refractivity contribution in [3.05, 3.63) is 28.5 Å². The van der Waals surface area contributed by atoms with Gasteiger partial charge in [0.05, 0.1) is 15.5 Å². The summed E-state index contributed by atoms with van der Waals surface area (Å²) in [7, 11) is -5.11. The summed E-state index contributed by atoms with van der Waals surface area (Å²) in [5.41, 5.74) is -0.633. The lowest BCUT2D eigenvalue weighted by Crippen LogP contribution is -2.26. The van der Waals surface area contributed by atoms with Gasteiger partial charge >= 0.3 is 5.97 Å². The van der Waals surface area contributed by atoms with Crippen LogP contribution in [0.3, 0.4) is 0 Å². The SMILES string of the molecule is CS(=O)CCCNS(=O)(=O)c1cc(F)c(Cl)c(C(=O)O)c1. The maximum atomic E-state index is 13.5. The fourth-order valence-electron chi connectivity index (χ4n) is 1.44. The fraction of sp³-hybridized carbons (Fsp3) is 0.364. The summed E-state index contributed by atoms with van der Waals surface area (Å²) in [6, 6.07) is 1.43. The lowest BCUT2D eigenvalue weighted by atomic mass is 10.2. The molecule has 0 saturated heterocycles. The Bertz CT molecular complexity index is 677. The molecule has 1 unspecified atom stereocenters. The molecule has 0 radical (unpaired) electrons. The number of hydrogen-bond acceptors (Lipinski definition) is 4. The Morgan fingerprint density at radius 3 is 2.62 bits per heavy atom. The summed E-state index contributed by atoms with van der Waals surface area (Å²) in [4.78, 5) is 10.4. The van der Waals surface area contributed by atoms with Gasteiger partial charge in [-0.25, -0.2) is 22.3 Å². The van der Waals surface area contributed by atoms with Gasteiger partial charge in [0.25, 0.3) is 0 Å². The summed E-state index contributed by atoms with van der Waals surface area (Å²) >= 11 is 5.47. The Morgan fingerprint density at radius 2 is 2.10 bits per heavy atom. The first-order valence-corrected chi connectivity index (χ1v) is 9.26. The third kappa shape index (κ3) is 5.03. The number of sulfonamides is 1. The summed E-state index contributed by atoms with van der Waals surface area (Å²) < 4.78 is 50.4. The van der Waals surface area contributed by atoms with E-state index in [2.05, 4.69) is 4.72 Å². The molecule has 21 heavy (non-hydrogen) atoms. The number of rotatable bonds is 7. The van der Waals surface area contributed by atoms with Crippen molar-refractivity contribution in [1.82, 2.24) is 4.72 Å². The molecule has 0 saturated carbocycles. The van der Waals surface area contributed by atoms with Gasteiger partial charge in [0.1, 0.15) is 5.82 Å². The number of hydrogen-bond donors (Lipinski definition) is 2. The van der Waals surface area contributed by atoms with Crippen molar-refractivity contribution in [2.75, 3.05) is 18.6 Å². The lowest BCUT2D eigenvalue weighted by molar-refractivity contribution is 0.0696. The highest BCUT2D eigenvalue weighted by Gasteiger charge is 2.21. The van der Waals surface area contributed by atoms with Crippen molar-refractivity contribution >= 4 is 38.4 Å². The van der Waals surface area contributed by atoms with Crippen molar-refractivity contribution in [2.45, 2.75) is 11.3 Å². The van der Waals surface area contributed by atoms with Crippen LogP contribution in [0.4, 0.5) is 4.39 Å². The quantitative estimate of drug-likeness (QED) is 0.715. The van der Waals surface area contributed by atoms with Crippen LogP contribution in [0.5, 0.6) is 0 Å². The van der Waals surface area contributed by atoms with Crippen LogP contribution in [0.2, 0.25) is 5.02 Å². The number of carboxylic acid groups (broad SMARTS) is 1. The molecular weight excluding hydrogens is 345 g/mol. The molecule has 118 valence electrons. The molecule has 1 atom stereocenters. The van der Waals surface area contributed by atoms with Crippen LogP contribution in [0.15, 0.2) is 17.0 Å². The monoisotopic (exact) mass is 357 g/mol. The average Bonchev–Trinajstić information content (AvgIpc) is 2.37. The Morgan fingerprint density at radius 1 is 1.48 bits per heavy atom. The van der Waals surface area contributed by atoms with Gasteiger partial charge in [-0.15, -0.1) is 0 Å². The zero-order valence-corrected chi connectivity index (χ0v) is 13.3. The van der Waals surface area contributed by atoms with Gasteiger partial charge in [-0.1, -0.05) is 11.6 Å². The zero-order valence-electron chi connectivity index (χ0n) is 10.9. The molecule has 10 heteroatoms. The molecule has 0 amide bonds. The van der Waals surface area contributed by atoms with Crippen molar-refractivity contribution in [1.29, 1.82) is 0 Å². The first-order chi connectivity index (χ1) is 9.65. The minimum Gasteiger partial charge on any atom is -0.478 e. The van der Waals surface area contributed by atoms with Gasteiger partial charge in [-0.3, -0.25) is 4.21 Å². The van der Waals surface area contributed by atoms with Gasteiger partial charge in [-0.2, -0.15) is 0 Å². The van der Waals surface area contributed by atoms with Gasteiger partial charge < -0.3 is 5.11 Å².